The second-order valence-electron chi connectivity index (χ2n) is 6.39. The number of carbonyl (C=O) groups excluding carboxylic acids is 2. The lowest BCUT2D eigenvalue weighted by atomic mass is 10.0. The highest BCUT2D eigenvalue weighted by atomic mass is 19.4. The van der Waals surface area contributed by atoms with Crippen LogP contribution in [0.25, 0.3) is 0 Å². The summed E-state index contributed by atoms with van der Waals surface area (Å²) in [6, 6.07) is 3.95. The third kappa shape index (κ3) is 4.29. The van der Waals surface area contributed by atoms with E-state index in [1.165, 1.54) is 18.3 Å². The van der Waals surface area contributed by atoms with Crippen LogP contribution < -0.4 is 5.32 Å². The average molecular weight is 381 g/mol. The Kier molecular flexibility index (Phi) is 5.20. The van der Waals surface area contributed by atoms with Crippen molar-refractivity contribution in [3.8, 4) is 0 Å². The van der Waals surface area contributed by atoms with Crippen molar-refractivity contribution in [2.75, 3.05) is 13.1 Å². The lowest BCUT2D eigenvalue weighted by Crippen LogP contribution is -2.38. The maximum Gasteiger partial charge on any atom is 0.416 e. The minimum absolute atomic E-state index is 0.0811. The lowest BCUT2D eigenvalue weighted by molar-refractivity contribution is -0.137. The maximum atomic E-state index is 13.1. The van der Waals surface area contributed by atoms with Gasteiger partial charge in [-0.05, 0) is 31.0 Å². The van der Waals surface area contributed by atoms with Gasteiger partial charge < -0.3 is 14.7 Å². The van der Waals surface area contributed by atoms with E-state index >= 15 is 0 Å². The van der Waals surface area contributed by atoms with Crippen molar-refractivity contribution >= 4 is 11.8 Å². The molecule has 2 aromatic rings. The normalized spacial score (nSPS) is 15.9. The van der Waals surface area contributed by atoms with Crippen molar-refractivity contribution in [3.05, 3.63) is 52.9 Å². The van der Waals surface area contributed by atoms with Gasteiger partial charge in [-0.15, -0.1) is 0 Å². The van der Waals surface area contributed by atoms with E-state index in [0.29, 0.717) is 25.1 Å². The number of amides is 2. The van der Waals surface area contributed by atoms with Crippen molar-refractivity contribution in [2.24, 2.45) is 0 Å². The van der Waals surface area contributed by atoms with Gasteiger partial charge in [-0.25, -0.2) is 0 Å². The van der Waals surface area contributed by atoms with E-state index in [9.17, 15) is 22.8 Å². The Bertz CT molecular complexity index is 848. The molecule has 1 saturated heterocycles. The predicted molar refractivity (Wildman–Crippen MR) is 88.7 cm³/mol. The molecule has 6 nitrogen and oxygen atoms in total. The van der Waals surface area contributed by atoms with Crippen molar-refractivity contribution < 1.29 is 27.3 Å². The summed E-state index contributed by atoms with van der Waals surface area (Å²) in [5.74, 6) is -0.308. The number of halogens is 3. The zero-order valence-electron chi connectivity index (χ0n) is 14.5. The van der Waals surface area contributed by atoms with E-state index in [4.69, 9.17) is 4.52 Å². The predicted octanol–water partition coefficient (Wildman–Crippen LogP) is 3.10. The number of benzene rings is 1. The molecule has 9 heteroatoms. The van der Waals surface area contributed by atoms with Crippen LogP contribution in [0.1, 0.15) is 46.1 Å². The molecule has 0 radical (unpaired) electrons. The molecule has 1 atom stereocenters. The SMILES string of the molecule is Cc1oncc1C(=O)N[C@@H](CN1CCCC1=O)c1cccc(C(F)(F)F)c1. The van der Waals surface area contributed by atoms with Gasteiger partial charge in [0, 0.05) is 19.5 Å². The van der Waals surface area contributed by atoms with Crippen LogP contribution in [0.2, 0.25) is 0 Å². The first-order valence-electron chi connectivity index (χ1n) is 8.43. The van der Waals surface area contributed by atoms with Crippen molar-refractivity contribution in [1.29, 1.82) is 0 Å². The first kappa shape index (κ1) is 18.9. The molecule has 144 valence electrons. The third-order valence-corrected chi connectivity index (χ3v) is 4.49. The molecule has 1 aromatic heterocycles. The molecule has 0 unspecified atom stereocenters. The summed E-state index contributed by atoms with van der Waals surface area (Å²) in [7, 11) is 0. The van der Waals surface area contributed by atoms with Gasteiger partial charge >= 0.3 is 6.18 Å². The molecule has 2 heterocycles. The number of hydrogen-bond donors (Lipinski definition) is 1. The number of aromatic nitrogens is 1. The van der Waals surface area contributed by atoms with Crippen LogP contribution in [-0.2, 0) is 11.0 Å². The zero-order valence-corrected chi connectivity index (χ0v) is 14.5. The van der Waals surface area contributed by atoms with Crippen molar-refractivity contribution in [2.45, 2.75) is 32.0 Å². The van der Waals surface area contributed by atoms with Crippen molar-refractivity contribution in [1.82, 2.24) is 15.4 Å². The Hall–Kier alpha value is -2.84. The molecule has 1 N–H and O–H groups in total. The number of rotatable bonds is 5. The molecule has 0 bridgehead atoms. The Morgan fingerprint density at radius 2 is 2.19 bits per heavy atom. The first-order valence-corrected chi connectivity index (χ1v) is 8.43. The van der Waals surface area contributed by atoms with Gasteiger partial charge in [0.15, 0.2) is 0 Å². The summed E-state index contributed by atoms with van der Waals surface area (Å²) in [5, 5.41) is 6.24. The Balaban J connectivity index is 1.89. The van der Waals surface area contributed by atoms with Gasteiger partial charge in [-0.2, -0.15) is 13.2 Å². The van der Waals surface area contributed by atoms with Crippen LogP contribution in [0.5, 0.6) is 0 Å². The van der Waals surface area contributed by atoms with Gasteiger partial charge in [-0.1, -0.05) is 17.3 Å². The molecule has 0 aliphatic carbocycles. The Labute approximate surface area is 153 Å². The van der Waals surface area contributed by atoms with Gasteiger partial charge in [0.05, 0.1) is 17.8 Å². The molecule has 1 aliphatic heterocycles. The highest BCUT2D eigenvalue weighted by Crippen LogP contribution is 2.31. The topological polar surface area (TPSA) is 75.4 Å². The van der Waals surface area contributed by atoms with E-state index in [1.807, 2.05) is 0 Å². The number of aryl methyl sites for hydroxylation is 1. The number of hydrogen-bond acceptors (Lipinski definition) is 4. The highest BCUT2D eigenvalue weighted by molar-refractivity contribution is 5.95. The number of likely N-dealkylation sites (tertiary alicyclic amines) is 1. The quantitative estimate of drug-likeness (QED) is 0.864. The molecule has 3 rings (SSSR count). The van der Waals surface area contributed by atoms with Gasteiger partial charge in [0.2, 0.25) is 5.91 Å². The van der Waals surface area contributed by atoms with Crippen molar-refractivity contribution in [3.63, 3.8) is 0 Å². The van der Waals surface area contributed by atoms with E-state index in [0.717, 1.165) is 12.1 Å². The fourth-order valence-electron chi connectivity index (χ4n) is 3.04. The summed E-state index contributed by atoms with van der Waals surface area (Å²) in [6.07, 6.45) is -2.17. The van der Waals surface area contributed by atoms with Gasteiger partial charge in [-0.3, -0.25) is 9.59 Å². The largest absolute Gasteiger partial charge is 0.416 e. The molecule has 1 aromatic carbocycles. The van der Waals surface area contributed by atoms with Crippen LogP contribution in [-0.4, -0.2) is 35.0 Å². The lowest BCUT2D eigenvalue weighted by Gasteiger charge is -2.25. The zero-order chi connectivity index (χ0) is 19.6. The van der Waals surface area contributed by atoms with Crippen LogP contribution >= 0.6 is 0 Å². The molecular weight excluding hydrogens is 363 g/mol. The van der Waals surface area contributed by atoms with Gasteiger partial charge in [0.1, 0.15) is 11.3 Å². The van der Waals surface area contributed by atoms with Crippen LogP contribution in [0.15, 0.2) is 35.0 Å². The van der Waals surface area contributed by atoms with E-state index in [-0.39, 0.29) is 23.6 Å². The summed E-state index contributed by atoms with van der Waals surface area (Å²) < 4.78 is 44.1. The van der Waals surface area contributed by atoms with E-state index < -0.39 is 23.7 Å². The Morgan fingerprint density at radius 1 is 1.41 bits per heavy atom. The summed E-state index contributed by atoms with van der Waals surface area (Å²) in [4.78, 5) is 26.0. The molecule has 2 amide bonds. The average Bonchev–Trinajstić information content (AvgIpc) is 3.22. The van der Waals surface area contributed by atoms with Crippen LogP contribution in [0, 0.1) is 6.92 Å². The minimum Gasteiger partial charge on any atom is -0.361 e. The molecule has 0 saturated carbocycles. The number of carbonyl (C=O) groups is 2. The minimum atomic E-state index is -4.50. The molecule has 1 aliphatic rings. The van der Waals surface area contributed by atoms with Crippen LogP contribution in [0.3, 0.4) is 0 Å². The second kappa shape index (κ2) is 7.42. The van der Waals surface area contributed by atoms with E-state index in [1.54, 1.807) is 11.8 Å². The highest BCUT2D eigenvalue weighted by Gasteiger charge is 2.32. The molecular formula is C18H18F3N3O3. The maximum absolute atomic E-state index is 13.1. The molecule has 27 heavy (non-hydrogen) atoms. The summed E-state index contributed by atoms with van der Waals surface area (Å²) >= 11 is 0. The number of alkyl halides is 3. The third-order valence-electron chi connectivity index (χ3n) is 4.49. The Morgan fingerprint density at radius 3 is 2.78 bits per heavy atom. The summed E-state index contributed by atoms with van der Waals surface area (Å²) in [5.41, 5.74) is -0.347. The summed E-state index contributed by atoms with van der Waals surface area (Å²) in [6.45, 7) is 2.16. The molecule has 1 fully saturated rings. The monoisotopic (exact) mass is 381 g/mol. The van der Waals surface area contributed by atoms with E-state index in [2.05, 4.69) is 10.5 Å². The standard InChI is InChI=1S/C18H18F3N3O3/c1-11-14(9-22-27-11)17(26)23-15(10-24-7-3-6-16(24)25)12-4-2-5-13(8-12)18(19,20)21/h2,4-5,8-9,15H,3,6-7,10H2,1H3,(H,23,26)/t15-/m0/s1. The van der Waals surface area contributed by atoms with Gasteiger partial charge in [0.25, 0.3) is 5.91 Å². The second-order valence-corrected chi connectivity index (χ2v) is 6.39. The van der Waals surface area contributed by atoms with Crippen LogP contribution in [0.4, 0.5) is 13.2 Å². The first-order chi connectivity index (χ1) is 12.8. The molecule has 0 spiro atoms. The fourth-order valence-corrected chi connectivity index (χ4v) is 3.04. The fraction of sp³-hybridized carbons (Fsp3) is 0.389. The number of nitrogens with one attached hydrogen (secondary N) is 1. The number of nitrogens with zero attached hydrogens (tertiary/aromatic N) is 2. The smallest absolute Gasteiger partial charge is 0.361 e.